The average molecular weight is 697 g/mol. The van der Waals surface area contributed by atoms with Gasteiger partial charge in [-0.05, 0) is 68.7 Å². The van der Waals surface area contributed by atoms with Gasteiger partial charge in [-0.25, -0.2) is 4.79 Å². The van der Waals surface area contributed by atoms with Gasteiger partial charge >= 0.3 is 5.97 Å². The molecule has 4 amide bonds. The number of carbonyl (C=O) groups excluding carboxylic acids is 4. The highest BCUT2D eigenvalue weighted by Crippen LogP contribution is 2.20. The lowest BCUT2D eigenvalue weighted by Gasteiger charge is -2.30. The fourth-order valence-corrected chi connectivity index (χ4v) is 5.26. The molecule has 2 aromatic rings. The van der Waals surface area contributed by atoms with E-state index in [1.54, 1.807) is 58.9 Å². The smallest absolute Gasteiger partial charge is 0.326 e. The summed E-state index contributed by atoms with van der Waals surface area (Å²) in [5.41, 5.74) is 0.633. The van der Waals surface area contributed by atoms with Gasteiger partial charge < -0.3 is 36.2 Å². The van der Waals surface area contributed by atoms with Crippen molar-refractivity contribution in [2.45, 2.75) is 117 Å². The van der Waals surface area contributed by atoms with Crippen LogP contribution in [0.4, 0.5) is 0 Å². The molecule has 6 unspecified atom stereocenters. The Morgan fingerprint density at radius 2 is 1.36 bits per heavy atom. The Bertz CT molecular complexity index is 1440. The second kappa shape index (κ2) is 19.1. The Morgan fingerprint density at radius 1 is 0.760 bits per heavy atom. The number of carbonyl (C=O) groups is 5. The minimum Gasteiger partial charge on any atom is -0.488 e. The molecular formula is C38H56N4O8. The first kappa shape index (κ1) is 41.7. The number of aliphatic hydroxyl groups excluding tert-OH is 1. The van der Waals surface area contributed by atoms with Gasteiger partial charge in [0.2, 0.25) is 17.7 Å². The van der Waals surface area contributed by atoms with Gasteiger partial charge in [0.1, 0.15) is 29.5 Å². The number of rotatable bonds is 18. The quantitative estimate of drug-likeness (QED) is 0.136. The number of hydrogen-bond acceptors (Lipinski definition) is 7. The fraction of sp³-hybridized carbons (Fsp3) is 0.553. The summed E-state index contributed by atoms with van der Waals surface area (Å²) in [6.07, 6.45) is -1.14. The first-order valence-corrected chi connectivity index (χ1v) is 17.3. The van der Waals surface area contributed by atoms with Crippen LogP contribution in [0.15, 0.2) is 54.6 Å². The third-order valence-electron chi connectivity index (χ3n) is 8.28. The van der Waals surface area contributed by atoms with Gasteiger partial charge in [0, 0.05) is 5.56 Å². The predicted molar refractivity (Wildman–Crippen MR) is 191 cm³/mol. The third kappa shape index (κ3) is 13.5. The molecule has 0 bridgehead atoms. The Balaban J connectivity index is 2.26. The van der Waals surface area contributed by atoms with Crippen molar-refractivity contribution in [1.29, 1.82) is 0 Å². The second-order valence-electron chi connectivity index (χ2n) is 14.5. The van der Waals surface area contributed by atoms with E-state index in [0.29, 0.717) is 17.7 Å². The summed E-state index contributed by atoms with van der Waals surface area (Å²) in [7, 11) is 0. The van der Waals surface area contributed by atoms with Crippen LogP contribution in [0.5, 0.6) is 5.75 Å². The molecule has 0 aliphatic carbocycles. The van der Waals surface area contributed by atoms with Crippen molar-refractivity contribution in [2.24, 2.45) is 17.8 Å². The standard InChI is InChI=1S/C38H56N4O8/c1-10-24(6)33(36(47)42-32(23(4)5)37(48)49)40-30(44)21-29(43)28(19-25-15-12-11-13-16-25)39-35(46)31(22(2)3)41-34(45)26-17-14-18-27(20-26)50-38(7,8)9/h11-18,20,22-24,28-29,31-33,43H,10,19,21H2,1-9H3,(H,39,46)(H,40,44)(H,41,45)(H,42,47)(H,48,49). The van der Waals surface area contributed by atoms with Gasteiger partial charge in [-0.3, -0.25) is 19.2 Å². The highest BCUT2D eigenvalue weighted by Gasteiger charge is 2.34. The van der Waals surface area contributed by atoms with Crippen LogP contribution in [0.3, 0.4) is 0 Å². The average Bonchev–Trinajstić information content (AvgIpc) is 3.03. The van der Waals surface area contributed by atoms with Crippen molar-refractivity contribution in [3.8, 4) is 5.75 Å². The molecule has 0 spiro atoms. The molecule has 0 aliphatic rings. The van der Waals surface area contributed by atoms with Crippen molar-refractivity contribution < 1.29 is 38.9 Å². The molecule has 12 heteroatoms. The number of benzene rings is 2. The summed E-state index contributed by atoms with van der Waals surface area (Å²) >= 11 is 0. The van der Waals surface area contributed by atoms with Crippen molar-refractivity contribution in [3.63, 3.8) is 0 Å². The Kier molecular flexibility index (Phi) is 15.9. The third-order valence-corrected chi connectivity index (χ3v) is 8.28. The molecule has 2 rings (SSSR count). The zero-order valence-corrected chi connectivity index (χ0v) is 30.8. The van der Waals surface area contributed by atoms with Crippen molar-refractivity contribution in [1.82, 2.24) is 21.3 Å². The largest absolute Gasteiger partial charge is 0.488 e. The van der Waals surface area contributed by atoms with E-state index in [9.17, 15) is 34.2 Å². The van der Waals surface area contributed by atoms with Gasteiger partial charge in [0.05, 0.1) is 18.6 Å². The molecule has 0 saturated heterocycles. The van der Waals surface area contributed by atoms with Crippen LogP contribution in [0.25, 0.3) is 0 Å². The maximum Gasteiger partial charge on any atom is 0.326 e. The van der Waals surface area contributed by atoms with E-state index >= 15 is 0 Å². The highest BCUT2D eigenvalue weighted by atomic mass is 16.5. The minimum atomic E-state index is -1.38. The van der Waals surface area contributed by atoms with E-state index in [-0.39, 0.29) is 24.2 Å². The molecule has 0 aliphatic heterocycles. The van der Waals surface area contributed by atoms with Gasteiger partial charge in [-0.1, -0.05) is 84.4 Å². The van der Waals surface area contributed by atoms with Crippen LogP contribution in [0, 0.1) is 17.8 Å². The van der Waals surface area contributed by atoms with Gasteiger partial charge in [-0.2, -0.15) is 0 Å². The van der Waals surface area contributed by atoms with E-state index < -0.39 is 71.9 Å². The lowest BCUT2D eigenvalue weighted by Crippen LogP contribution is -2.57. The second-order valence-corrected chi connectivity index (χ2v) is 14.5. The van der Waals surface area contributed by atoms with Crippen LogP contribution < -0.4 is 26.0 Å². The summed E-state index contributed by atoms with van der Waals surface area (Å²) in [6, 6.07) is 11.7. The van der Waals surface area contributed by atoms with Gasteiger partial charge in [0.25, 0.3) is 5.91 Å². The number of amides is 4. The molecule has 0 fully saturated rings. The van der Waals surface area contributed by atoms with E-state index in [1.807, 2.05) is 58.0 Å². The zero-order valence-electron chi connectivity index (χ0n) is 30.8. The van der Waals surface area contributed by atoms with Crippen LogP contribution in [-0.2, 0) is 25.6 Å². The minimum absolute atomic E-state index is 0.177. The molecule has 0 saturated carbocycles. The van der Waals surface area contributed by atoms with Gasteiger partial charge in [-0.15, -0.1) is 0 Å². The molecule has 0 aromatic heterocycles. The first-order valence-electron chi connectivity index (χ1n) is 17.3. The maximum atomic E-state index is 13.7. The fourth-order valence-electron chi connectivity index (χ4n) is 5.26. The lowest BCUT2D eigenvalue weighted by atomic mass is 9.95. The maximum absolute atomic E-state index is 13.7. The number of ether oxygens (including phenoxy) is 1. The number of nitrogens with one attached hydrogen (secondary N) is 4. The number of carboxylic acid groups (broad SMARTS) is 1. The normalized spacial score (nSPS) is 15.2. The van der Waals surface area contributed by atoms with E-state index in [4.69, 9.17) is 4.74 Å². The molecule has 0 heterocycles. The summed E-state index contributed by atoms with van der Waals surface area (Å²) in [5.74, 6) is -4.03. The highest BCUT2D eigenvalue weighted by molar-refractivity contribution is 5.98. The Labute approximate surface area is 296 Å². The van der Waals surface area contributed by atoms with E-state index in [1.165, 1.54) is 0 Å². The topological polar surface area (TPSA) is 183 Å². The SMILES string of the molecule is CCC(C)C(NC(=O)CC(O)C(Cc1ccccc1)NC(=O)C(NC(=O)c1cccc(OC(C)(C)C)c1)C(C)C)C(=O)NC(C(=O)O)C(C)C. The molecule has 6 N–H and O–H groups in total. The molecule has 2 aromatic carbocycles. The molecular weight excluding hydrogens is 640 g/mol. The van der Waals surface area contributed by atoms with Crippen molar-refractivity contribution >= 4 is 29.6 Å². The Hall–Kier alpha value is -4.45. The number of hydrogen-bond donors (Lipinski definition) is 6. The van der Waals surface area contributed by atoms with Crippen LogP contribution >= 0.6 is 0 Å². The number of aliphatic carboxylic acids is 1. The van der Waals surface area contributed by atoms with Crippen molar-refractivity contribution in [2.75, 3.05) is 0 Å². The molecule has 12 nitrogen and oxygen atoms in total. The summed E-state index contributed by atoms with van der Waals surface area (Å²) in [5, 5.41) is 31.8. The first-order chi connectivity index (χ1) is 23.3. The van der Waals surface area contributed by atoms with Gasteiger partial charge in [0.15, 0.2) is 0 Å². The monoisotopic (exact) mass is 696 g/mol. The van der Waals surface area contributed by atoms with Crippen LogP contribution in [-0.4, -0.2) is 75.7 Å². The Morgan fingerprint density at radius 3 is 1.90 bits per heavy atom. The molecule has 276 valence electrons. The van der Waals surface area contributed by atoms with E-state index in [2.05, 4.69) is 21.3 Å². The zero-order chi connectivity index (χ0) is 37.8. The number of aliphatic hydroxyl groups is 1. The van der Waals surface area contributed by atoms with Crippen LogP contribution in [0.2, 0.25) is 0 Å². The summed E-state index contributed by atoms with van der Waals surface area (Å²) in [4.78, 5) is 65.2. The molecule has 6 atom stereocenters. The summed E-state index contributed by atoms with van der Waals surface area (Å²) < 4.78 is 5.89. The lowest BCUT2D eigenvalue weighted by molar-refractivity contribution is -0.143. The number of carboxylic acids is 1. The van der Waals surface area contributed by atoms with Crippen molar-refractivity contribution in [3.05, 3.63) is 65.7 Å². The molecule has 50 heavy (non-hydrogen) atoms. The van der Waals surface area contributed by atoms with Crippen LogP contribution in [0.1, 0.15) is 91.1 Å². The summed E-state index contributed by atoms with van der Waals surface area (Å²) in [6.45, 7) is 16.2. The predicted octanol–water partition coefficient (Wildman–Crippen LogP) is 3.85. The van der Waals surface area contributed by atoms with E-state index in [0.717, 1.165) is 5.56 Å². The molecule has 0 radical (unpaired) electrons.